The average Bonchev–Trinajstić information content (AvgIpc) is 2.46. The van der Waals surface area contributed by atoms with Crippen LogP contribution < -0.4 is 5.32 Å². The van der Waals surface area contributed by atoms with Gasteiger partial charge in [0.05, 0.1) is 5.41 Å². The van der Waals surface area contributed by atoms with Gasteiger partial charge in [-0.1, -0.05) is 13.8 Å². The Morgan fingerprint density at radius 2 is 2.00 bits per heavy atom. The Morgan fingerprint density at radius 3 is 2.40 bits per heavy atom. The van der Waals surface area contributed by atoms with Gasteiger partial charge in [0.2, 0.25) is 0 Å². The number of urea groups is 1. The zero-order chi connectivity index (χ0) is 15.2. The standard InChI is InChI=1S/C15H24N2O3/c1-4-7-12(5-2)16-14(20)17-10-8-15(6-3,9-11-17)13(18)19/h1,12H,5-11H2,2-3H3,(H,16,20)(H,18,19). The number of likely N-dealkylation sites (tertiary alicyclic amines) is 1. The number of piperidine rings is 1. The van der Waals surface area contributed by atoms with E-state index in [1.807, 2.05) is 13.8 Å². The summed E-state index contributed by atoms with van der Waals surface area (Å²) in [6.45, 7) is 4.84. The molecule has 2 amide bonds. The first-order valence-corrected chi connectivity index (χ1v) is 7.21. The number of amides is 2. The first kappa shape index (κ1) is 16.4. The van der Waals surface area contributed by atoms with Gasteiger partial charge in [-0.05, 0) is 25.7 Å². The molecule has 0 bridgehead atoms. The van der Waals surface area contributed by atoms with E-state index in [9.17, 15) is 14.7 Å². The van der Waals surface area contributed by atoms with E-state index in [2.05, 4.69) is 11.2 Å². The summed E-state index contributed by atoms with van der Waals surface area (Å²) in [5.74, 6) is 1.80. The Bertz CT molecular complexity index is 392. The Hall–Kier alpha value is -1.70. The van der Waals surface area contributed by atoms with Crippen molar-refractivity contribution >= 4 is 12.0 Å². The molecular weight excluding hydrogens is 256 g/mol. The molecule has 0 aromatic carbocycles. The first-order valence-electron chi connectivity index (χ1n) is 7.21. The minimum absolute atomic E-state index is 0.00941. The van der Waals surface area contributed by atoms with E-state index in [1.165, 1.54) is 0 Å². The summed E-state index contributed by atoms with van der Waals surface area (Å²) in [7, 11) is 0. The lowest BCUT2D eigenvalue weighted by Crippen LogP contribution is -2.51. The summed E-state index contributed by atoms with van der Waals surface area (Å²) in [6, 6.07) is -0.146. The monoisotopic (exact) mass is 280 g/mol. The molecule has 0 aliphatic carbocycles. The number of hydrogen-bond donors (Lipinski definition) is 2. The number of nitrogens with one attached hydrogen (secondary N) is 1. The normalized spacial score (nSPS) is 18.9. The van der Waals surface area contributed by atoms with Crippen LogP contribution in [0.2, 0.25) is 0 Å². The van der Waals surface area contributed by atoms with Crippen molar-refractivity contribution in [1.29, 1.82) is 0 Å². The summed E-state index contributed by atoms with van der Waals surface area (Å²) in [6.07, 6.45) is 8.20. The molecule has 0 saturated carbocycles. The molecule has 1 aliphatic heterocycles. The molecule has 2 N–H and O–H groups in total. The lowest BCUT2D eigenvalue weighted by atomic mass is 9.76. The third kappa shape index (κ3) is 3.66. The molecule has 1 saturated heterocycles. The third-order valence-corrected chi connectivity index (χ3v) is 4.32. The summed E-state index contributed by atoms with van der Waals surface area (Å²) in [4.78, 5) is 25.2. The van der Waals surface area contributed by atoms with Crippen LogP contribution >= 0.6 is 0 Å². The van der Waals surface area contributed by atoms with Crippen molar-refractivity contribution in [2.45, 2.75) is 52.0 Å². The lowest BCUT2D eigenvalue weighted by molar-refractivity contribution is -0.151. The number of rotatable bonds is 5. The molecule has 1 unspecified atom stereocenters. The van der Waals surface area contributed by atoms with E-state index in [-0.39, 0.29) is 12.1 Å². The third-order valence-electron chi connectivity index (χ3n) is 4.32. The van der Waals surface area contributed by atoms with Crippen LogP contribution in [0.15, 0.2) is 0 Å². The maximum atomic E-state index is 12.1. The fourth-order valence-electron chi connectivity index (χ4n) is 2.56. The number of carboxylic acids is 1. The van der Waals surface area contributed by atoms with Crippen molar-refractivity contribution in [2.75, 3.05) is 13.1 Å². The van der Waals surface area contributed by atoms with Crippen LogP contribution in [-0.4, -0.2) is 41.1 Å². The largest absolute Gasteiger partial charge is 0.481 e. The number of aliphatic carboxylic acids is 1. The number of carbonyl (C=O) groups excluding carboxylic acids is 1. The van der Waals surface area contributed by atoms with Crippen LogP contribution in [0.1, 0.15) is 46.0 Å². The zero-order valence-corrected chi connectivity index (χ0v) is 12.3. The molecule has 1 atom stereocenters. The molecule has 0 aromatic heterocycles. The van der Waals surface area contributed by atoms with Gasteiger partial charge >= 0.3 is 12.0 Å². The van der Waals surface area contributed by atoms with Crippen molar-refractivity contribution < 1.29 is 14.7 Å². The van der Waals surface area contributed by atoms with Gasteiger partial charge in [0, 0.05) is 25.6 Å². The van der Waals surface area contributed by atoms with E-state index in [0.717, 1.165) is 6.42 Å². The van der Waals surface area contributed by atoms with Crippen LogP contribution in [0.3, 0.4) is 0 Å². The SMILES string of the molecule is C#CCC(CC)NC(=O)N1CCC(CC)(C(=O)O)CC1. The van der Waals surface area contributed by atoms with Crippen molar-refractivity contribution in [3.05, 3.63) is 0 Å². The van der Waals surface area contributed by atoms with E-state index in [4.69, 9.17) is 6.42 Å². The number of carbonyl (C=O) groups is 2. The summed E-state index contributed by atoms with van der Waals surface area (Å²) in [5, 5.41) is 12.2. The van der Waals surface area contributed by atoms with Gasteiger partial charge in [0.1, 0.15) is 0 Å². The first-order chi connectivity index (χ1) is 9.49. The van der Waals surface area contributed by atoms with Crippen LogP contribution in [-0.2, 0) is 4.79 Å². The predicted octanol–water partition coefficient (Wildman–Crippen LogP) is 2.07. The molecule has 112 valence electrons. The van der Waals surface area contributed by atoms with Crippen LogP contribution in [0.4, 0.5) is 4.79 Å². The van der Waals surface area contributed by atoms with E-state index >= 15 is 0 Å². The van der Waals surface area contributed by atoms with Gasteiger partial charge in [0.25, 0.3) is 0 Å². The van der Waals surface area contributed by atoms with E-state index in [0.29, 0.717) is 38.8 Å². The predicted molar refractivity (Wildman–Crippen MR) is 77.2 cm³/mol. The lowest BCUT2D eigenvalue weighted by Gasteiger charge is -2.38. The van der Waals surface area contributed by atoms with Crippen LogP contribution in [0, 0.1) is 17.8 Å². The van der Waals surface area contributed by atoms with Gasteiger partial charge in [0.15, 0.2) is 0 Å². The van der Waals surface area contributed by atoms with Gasteiger partial charge in [-0.2, -0.15) is 0 Å². The Balaban J connectivity index is 2.55. The van der Waals surface area contributed by atoms with Crippen molar-refractivity contribution in [3.63, 3.8) is 0 Å². The van der Waals surface area contributed by atoms with Crippen molar-refractivity contribution in [1.82, 2.24) is 10.2 Å². The molecule has 1 rings (SSSR count). The summed E-state index contributed by atoms with van der Waals surface area (Å²) >= 11 is 0. The maximum Gasteiger partial charge on any atom is 0.317 e. The molecule has 5 nitrogen and oxygen atoms in total. The molecule has 1 aliphatic rings. The Labute approximate surface area is 120 Å². The van der Waals surface area contributed by atoms with Gasteiger partial charge in [-0.25, -0.2) is 4.79 Å². The fraction of sp³-hybridized carbons (Fsp3) is 0.733. The second kappa shape index (κ2) is 7.18. The molecule has 5 heteroatoms. The topological polar surface area (TPSA) is 69.6 Å². The maximum absolute atomic E-state index is 12.1. The van der Waals surface area contributed by atoms with Crippen molar-refractivity contribution in [2.24, 2.45) is 5.41 Å². The minimum atomic E-state index is -0.751. The van der Waals surface area contributed by atoms with Crippen LogP contribution in [0.25, 0.3) is 0 Å². The fourth-order valence-corrected chi connectivity index (χ4v) is 2.56. The molecule has 1 fully saturated rings. The molecule has 0 aromatic rings. The van der Waals surface area contributed by atoms with Crippen molar-refractivity contribution in [3.8, 4) is 12.3 Å². The molecule has 0 radical (unpaired) electrons. The molecule has 0 spiro atoms. The van der Waals surface area contributed by atoms with Gasteiger partial charge in [-0.15, -0.1) is 12.3 Å². The highest BCUT2D eigenvalue weighted by Crippen LogP contribution is 2.35. The number of carboxylic acid groups (broad SMARTS) is 1. The number of hydrogen-bond acceptors (Lipinski definition) is 2. The van der Waals surface area contributed by atoms with Gasteiger partial charge < -0.3 is 15.3 Å². The van der Waals surface area contributed by atoms with Crippen LogP contribution in [0.5, 0.6) is 0 Å². The van der Waals surface area contributed by atoms with E-state index in [1.54, 1.807) is 4.90 Å². The zero-order valence-electron chi connectivity index (χ0n) is 12.3. The average molecular weight is 280 g/mol. The quantitative estimate of drug-likeness (QED) is 0.757. The highest BCUT2D eigenvalue weighted by molar-refractivity contribution is 5.77. The second-order valence-corrected chi connectivity index (χ2v) is 5.39. The highest BCUT2D eigenvalue weighted by atomic mass is 16.4. The number of nitrogens with zero attached hydrogens (tertiary/aromatic N) is 1. The molecular formula is C15H24N2O3. The Morgan fingerprint density at radius 1 is 1.40 bits per heavy atom. The van der Waals surface area contributed by atoms with Gasteiger partial charge in [-0.3, -0.25) is 4.79 Å². The summed E-state index contributed by atoms with van der Waals surface area (Å²) < 4.78 is 0. The Kier molecular flexibility index (Phi) is 5.87. The number of terminal acetylenes is 1. The highest BCUT2D eigenvalue weighted by Gasteiger charge is 2.40. The smallest absolute Gasteiger partial charge is 0.317 e. The minimum Gasteiger partial charge on any atom is -0.481 e. The second-order valence-electron chi connectivity index (χ2n) is 5.39. The molecule has 20 heavy (non-hydrogen) atoms. The summed E-state index contributed by atoms with van der Waals surface area (Å²) in [5.41, 5.74) is -0.667. The van der Waals surface area contributed by atoms with E-state index < -0.39 is 11.4 Å². The molecule has 1 heterocycles.